The van der Waals surface area contributed by atoms with Gasteiger partial charge in [-0.15, -0.1) is 13.2 Å². The normalized spacial score (nSPS) is 11.1. The Labute approximate surface area is 123 Å². The number of nitro benzene ring substituents is 1. The third-order valence-corrected chi connectivity index (χ3v) is 4.49. The van der Waals surface area contributed by atoms with Crippen LogP contribution in [-0.4, -0.2) is 37.8 Å². The van der Waals surface area contributed by atoms with Crippen molar-refractivity contribution in [1.29, 1.82) is 0 Å². The van der Waals surface area contributed by atoms with Gasteiger partial charge >= 0.3 is 0 Å². The van der Waals surface area contributed by atoms with Gasteiger partial charge in [0.15, 0.2) is 0 Å². The maximum Gasteiger partial charge on any atom is 0.271 e. The number of methoxy groups -OCH3 is 1. The van der Waals surface area contributed by atoms with Crippen LogP contribution in [-0.2, 0) is 10.0 Å². The summed E-state index contributed by atoms with van der Waals surface area (Å²) in [5.41, 5.74) is -0.327. The molecule has 0 bridgehead atoms. The quantitative estimate of drug-likeness (QED) is 0.416. The predicted molar refractivity (Wildman–Crippen MR) is 78.8 cm³/mol. The Morgan fingerprint density at radius 3 is 2.33 bits per heavy atom. The van der Waals surface area contributed by atoms with E-state index in [0.717, 1.165) is 10.4 Å². The first-order chi connectivity index (χ1) is 9.88. The molecule has 8 heteroatoms. The van der Waals surface area contributed by atoms with Gasteiger partial charge in [0, 0.05) is 25.2 Å². The predicted octanol–water partition coefficient (Wildman–Crippen LogP) is 1.97. The second-order valence-electron chi connectivity index (χ2n) is 3.99. The summed E-state index contributed by atoms with van der Waals surface area (Å²) in [6, 6.07) is 3.42. The van der Waals surface area contributed by atoms with Crippen LogP contribution < -0.4 is 4.74 Å². The first-order valence-electron chi connectivity index (χ1n) is 5.92. The minimum Gasteiger partial charge on any atom is -0.495 e. The number of hydrogen-bond acceptors (Lipinski definition) is 5. The fourth-order valence-electron chi connectivity index (χ4n) is 1.68. The molecule has 0 spiro atoms. The summed E-state index contributed by atoms with van der Waals surface area (Å²) in [6.07, 6.45) is 2.84. The van der Waals surface area contributed by atoms with Crippen LogP contribution >= 0.6 is 0 Å². The fraction of sp³-hybridized carbons (Fsp3) is 0.231. The maximum absolute atomic E-state index is 12.6. The molecule has 0 fully saturated rings. The molecule has 1 aromatic carbocycles. The number of ether oxygens (including phenoxy) is 1. The molecule has 1 rings (SSSR count). The number of nitro groups is 1. The van der Waals surface area contributed by atoms with Gasteiger partial charge in [0.2, 0.25) is 10.0 Å². The van der Waals surface area contributed by atoms with E-state index in [1.165, 1.54) is 31.4 Å². The van der Waals surface area contributed by atoms with E-state index in [1.807, 2.05) is 0 Å². The topological polar surface area (TPSA) is 89.8 Å². The molecule has 0 atom stereocenters. The molecule has 0 heterocycles. The summed E-state index contributed by atoms with van der Waals surface area (Å²) >= 11 is 0. The van der Waals surface area contributed by atoms with Crippen LogP contribution in [0, 0.1) is 10.1 Å². The van der Waals surface area contributed by atoms with E-state index in [9.17, 15) is 18.5 Å². The van der Waals surface area contributed by atoms with Gasteiger partial charge < -0.3 is 4.74 Å². The van der Waals surface area contributed by atoms with Gasteiger partial charge in [0.05, 0.1) is 12.0 Å². The average molecular weight is 312 g/mol. The lowest BCUT2D eigenvalue weighted by Gasteiger charge is -2.20. The second kappa shape index (κ2) is 7.00. The van der Waals surface area contributed by atoms with E-state index >= 15 is 0 Å². The minimum absolute atomic E-state index is 0.0405. The second-order valence-corrected chi connectivity index (χ2v) is 5.90. The standard InChI is InChI=1S/C13H16N2O5S/c1-4-8-14(9-5-2)21(18,19)13-10-11(15(16)17)6-7-12(13)20-3/h4-7,10H,1-2,8-9H2,3H3. The zero-order chi connectivity index (χ0) is 16.0. The third kappa shape index (κ3) is 3.67. The van der Waals surface area contributed by atoms with Gasteiger partial charge in [-0.2, -0.15) is 4.31 Å². The van der Waals surface area contributed by atoms with Crippen LogP contribution in [0.1, 0.15) is 0 Å². The molecule has 114 valence electrons. The highest BCUT2D eigenvalue weighted by Gasteiger charge is 2.28. The zero-order valence-electron chi connectivity index (χ0n) is 11.6. The van der Waals surface area contributed by atoms with Crippen LogP contribution in [0.2, 0.25) is 0 Å². The van der Waals surface area contributed by atoms with Crippen LogP contribution in [0.4, 0.5) is 5.69 Å². The Kier molecular flexibility index (Phi) is 5.62. The van der Waals surface area contributed by atoms with E-state index in [2.05, 4.69) is 13.2 Å². The van der Waals surface area contributed by atoms with Crippen molar-refractivity contribution in [1.82, 2.24) is 4.31 Å². The Balaban J connectivity index is 3.46. The molecular formula is C13H16N2O5S. The molecule has 0 unspecified atom stereocenters. The smallest absolute Gasteiger partial charge is 0.271 e. The lowest BCUT2D eigenvalue weighted by molar-refractivity contribution is -0.385. The molecule has 0 aliphatic heterocycles. The van der Waals surface area contributed by atoms with Crippen LogP contribution in [0.5, 0.6) is 5.75 Å². The largest absolute Gasteiger partial charge is 0.495 e. The first kappa shape index (κ1) is 16.9. The highest BCUT2D eigenvalue weighted by atomic mass is 32.2. The Morgan fingerprint density at radius 2 is 1.90 bits per heavy atom. The van der Waals surface area contributed by atoms with Crippen LogP contribution in [0.3, 0.4) is 0 Å². The van der Waals surface area contributed by atoms with Crippen LogP contribution in [0.25, 0.3) is 0 Å². The van der Waals surface area contributed by atoms with Crippen LogP contribution in [0.15, 0.2) is 48.4 Å². The summed E-state index contributed by atoms with van der Waals surface area (Å²) in [6.45, 7) is 7.11. The first-order valence-corrected chi connectivity index (χ1v) is 7.36. The van der Waals surface area contributed by atoms with Crippen molar-refractivity contribution >= 4 is 15.7 Å². The van der Waals surface area contributed by atoms with Crippen molar-refractivity contribution in [2.75, 3.05) is 20.2 Å². The lowest BCUT2D eigenvalue weighted by atomic mass is 10.3. The Hall–Kier alpha value is -2.19. The summed E-state index contributed by atoms with van der Waals surface area (Å²) in [4.78, 5) is 9.90. The minimum atomic E-state index is -3.96. The molecule has 0 aliphatic rings. The number of hydrogen-bond donors (Lipinski definition) is 0. The zero-order valence-corrected chi connectivity index (χ0v) is 12.4. The number of sulfonamides is 1. The molecule has 0 aromatic heterocycles. The molecule has 0 amide bonds. The van der Waals surface area contributed by atoms with Crippen molar-refractivity contribution in [3.05, 3.63) is 53.6 Å². The maximum atomic E-state index is 12.6. The number of rotatable bonds is 8. The fourth-order valence-corrected chi connectivity index (χ4v) is 3.24. The molecule has 0 N–H and O–H groups in total. The molecule has 7 nitrogen and oxygen atoms in total. The van der Waals surface area contributed by atoms with E-state index in [-0.39, 0.29) is 29.4 Å². The van der Waals surface area contributed by atoms with Gasteiger partial charge in [0.25, 0.3) is 5.69 Å². The highest BCUT2D eigenvalue weighted by molar-refractivity contribution is 7.89. The van der Waals surface area contributed by atoms with Gasteiger partial charge in [-0.1, -0.05) is 12.2 Å². The van der Waals surface area contributed by atoms with Gasteiger partial charge in [-0.05, 0) is 6.07 Å². The lowest BCUT2D eigenvalue weighted by Crippen LogP contribution is -2.31. The van der Waals surface area contributed by atoms with Gasteiger partial charge in [0.1, 0.15) is 10.6 Å². The average Bonchev–Trinajstić information content (AvgIpc) is 2.46. The van der Waals surface area contributed by atoms with Crippen molar-refractivity contribution in [2.45, 2.75) is 4.90 Å². The summed E-state index contributed by atoms with van der Waals surface area (Å²) in [7, 11) is -2.67. The SMILES string of the molecule is C=CCN(CC=C)S(=O)(=O)c1cc([N+](=O)[O-])ccc1OC. The Morgan fingerprint density at radius 1 is 1.33 bits per heavy atom. The van der Waals surface area contributed by atoms with Gasteiger partial charge in [-0.3, -0.25) is 10.1 Å². The third-order valence-electron chi connectivity index (χ3n) is 2.64. The molecular weight excluding hydrogens is 296 g/mol. The van der Waals surface area contributed by atoms with Crippen molar-refractivity contribution in [2.24, 2.45) is 0 Å². The van der Waals surface area contributed by atoms with E-state index in [1.54, 1.807) is 0 Å². The number of benzene rings is 1. The summed E-state index contributed by atoms with van der Waals surface area (Å²) in [5.74, 6) is 0.0405. The van der Waals surface area contributed by atoms with Crippen molar-refractivity contribution < 1.29 is 18.1 Å². The van der Waals surface area contributed by atoms with Crippen molar-refractivity contribution in [3.63, 3.8) is 0 Å². The Bertz CT molecular complexity index is 645. The summed E-state index contributed by atoms with van der Waals surface area (Å²) < 4.78 is 31.3. The molecule has 0 saturated heterocycles. The molecule has 21 heavy (non-hydrogen) atoms. The number of non-ortho nitro benzene ring substituents is 1. The van der Waals surface area contributed by atoms with Crippen molar-refractivity contribution in [3.8, 4) is 5.75 Å². The highest BCUT2D eigenvalue weighted by Crippen LogP contribution is 2.30. The van der Waals surface area contributed by atoms with E-state index in [4.69, 9.17) is 4.74 Å². The molecule has 0 aliphatic carbocycles. The monoisotopic (exact) mass is 312 g/mol. The molecule has 1 aromatic rings. The van der Waals surface area contributed by atoms with E-state index in [0.29, 0.717) is 0 Å². The molecule has 0 radical (unpaired) electrons. The molecule has 0 saturated carbocycles. The summed E-state index contributed by atoms with van der Waals surface area (Å²) in [5, 5.41) is 10.8. The number of nitrogens with zero attached hydrogens (tertiary/aromatic N) is 2. The van der Waals surface area contributed by atoms with E-state index < -0.39 is 14.9 Å². The van der Waals surface area contributed by atoms with Gasteiger partial charge in [-0.25, -0.2) is 8.42 Å².